The van der Waals surface area contributed by atoms with Gasteiger partial charge in [-0.3, -0.25) is 0 Å². The molecule has 0 radical (unpaired) electrons. The summed E-state index contributed by atoms with van der Waals surface area (Å²) in [6.07, 6.45) is -17.1. The molecule has 35 heavy (non-hydrogen) atoms. The molecular formula is C19H12F9N3O4. The third-order valence-corrected chi connectivity index (χ3v) is 5.54. The summed E-state index contributed by atoms with van der Waals surface area (Å²) in [7, 11) is 0. The van der Waals surface area contributed by atoms with Crippen LogP contribution in [0, 0.1) is 10.1 Å². The van der Waals surface area contributed by atoms with Gasteiger partial charge in [0.15, 0.2) is 5.56 Å². The van der Waals surface area contributed by atoms with E-state index in [4.69, 9.17) is 5.11 Å². The van der Waals surface area contributed by atoms with E-state index in [1.54, 1.807) is 0 Å². The van der Waals surface area contributed by atoms with Gasteiger partial charge >= 0.3 is 30.3 Å². The monoisotopic (exact) mass is 517 g/mol. The molecule has 2 heterocycles. The minimum atomic E-state index is -5.38. The van der Waals surface area contributed by atoms with E-state index in [2.05, 4.69) is 4.98 Å². The molecule has 1 fully saturated rings. The predicted octanol–water partition coefficient (Wildman–Crippen LogP) is 5.44. The number of carboxylic acids is 1. The van der Waals surface area contributed by atoms with Crippen LogP contribution in [0.4, 0.5) is 51.1 Å². The van der Waals surface area contributed by atoms with Crippen molar-refractivity contribution in [2.45, 2.75) is 30.4 Å². The average Bonchev–Trinajstić information content (AvgIpc) is 3.18. The highest BCUT2D eigenvalue weighted by Gasteiger charge is 2.60. The second kappa shape index (κ2) is 8.27. The first-order valence-electron chi connectivity index (χ1n) is 9.37. The van der Waals surface area contributed by atoms with Crippen molar-refractivity contribution in [3.63, 3.8) is 0 Å². The fourth-order valence-corrected chi connectivity index (χ4v) is 3.79. The fraction of sp³-hybridized carbons (Fsp3) is 0.368. The molecule has 1 aliphatic heterocycles. The first-order valence-corrected chi connectivity index (χ1v) is 9.37. The van der Waals surface area contributed by atoms with E-state index in [0.717, 1.165) is 11.0 Å². The van der Waals surface area contributed by atoms with E-state index in [-0.39, 0.29) is 18.2 Å². The van der Waals surface area contributed by atoms with Gasteiger partial charge in [-0.1, -0.05) is 0 Å². The van der Waals surface area contributed by atoms with Gasteiger partial charge in [-0.2, -0.15) is 39.5 Å². The Morgan fingerprint density at radius 1 is 1.00 bits per heavy atom. The summed E-state index contributed by atoms with van der Waals surface area (Å²) in [4.78, 5) is 25.3. The number of nitro groups is 1. The molecule has 0 saturated carbocycles. The maximum atomic E-state index is 14.2. The zero-order chi connectivity index (χ0) is 26.6. The number of aromatic nitrogens is 1. The van der Waals surface area contributed by atoms with Crippen LogP contribution >= 0.6 is 0 Å². The molecule has 16 heteroatoms. The number of halogens is 9. The molecule has 2 aromatic rings. The van der Waals surface area contributed by atoms with Gasteiger partial charge < -0.3 is 20.1 Å². The molecule has 1 unspecified atom stereocenters. The average molecular weight is 517 g/mol. The molecule has 1 aromatic heterocycles. The number of hydrogen-bond donors (Lipinski definition) is 1. The Hall–Kier alpha value is -3.59. The summed E-state index contributed by atoms with van der Waals surface area (Å²) < 4.78 is 122. The Kier molecular flexibility index (Phi) is 6.15. The summed E-state index contributed by atoms with van der Waals surface area (Å²) in [5.74, 6) is -3.45. The van der Waals surface area contributed by atoms with Gasteiger partial charge in [-0.05, 0) is 46.2 Å². The molecule has 1 saturated heterocycles. The summed E-state index contributed by atoms with van der Waals surface area (Å²) in [6, 6.07) is 1.26. The standard InChI is InChI=1S/C19H12F9N3O4/c20-17(21,22)10-5-9(6-11(7-10)18(23,24)25)16(19(26,27)28)3-4-30(8-16)13-2-1-12(15(32)33)14(29-13)31(34)35/h1-2,5-7H,3-4,8H2,(H,32,33). The first-order chi connectivity index (χ1) is 15.9. The summed E-state index contributed by atoms with van der Waals surface area (Å²) in [5.41, 5.74) is -9.22. The minimum absolute atomic E-state index is 0.00433. The highest BCUT2D eigenvalue weighted by atomic mass is 19.4. The lowest BCUT2D eigenvalue weighted by Gasteiger charge is -2.33. The van der Waals surface area contributed by atoms with Crippen molar-refractivity contribution in [3.8, 4) is 0 Å². The van der Waals surface area contributed by atoms with Gasteiger partial charge in [0.2, 0.25) is 5.82 Å². The van der Waals surface area contributed by atoms with Gasteiger partial charge in [0.25, 0.3) is 0 Å². The summed E-state index contributed by atoms with van der Waals surface area (Å²) >= 11 is 0. The number of carbonyl (C=O) groups is 1. The smallest absolute Gasteiger partial charge is 0.416 e. The maximum absolute atomic E-state index is 14.2. The molecule has 0 aliphatic carbocycles. The topological polar surface area (TPSA) is 96.6 Å². The van der Waals surface area contributed by atoms with Crippen molar-refractivity contribution in [1.29, 1.82) is 0 Å². The summed E-state index contributed by atoms with van der Waals surface area (Å²) in [5, 5.41) is 20.1. The normalized spacial score (nSPS) is 19.2. The van der Waals surface area contributed by atoms with Crippen LogP contribution in [-0.4, -0.2) is 40.2 Å². The lowest BCUT2D eigenvalue weighted by molar-refractivity contribution is -0.389. The van der Waals surface area contributed by atoms with Crippen LogP contribution in [0.2, 0.25) is 0 Å². The number of nitrogens with zero attached hydrogens (tertiary/aromatic N) is 3. The van der Waals surface area contributed by atoms with Crippen molar-refractivity contribution in [2.24, 2.45) is 0 Å². The highest BCUT2D eigenvalue weighted by molar-refractivity contribution is 5.91. The zero-order valence-corrected chi connectivity index (χ0v) is 16.9. The molecule has 0 spiro atoms. The van der Waals surface area contributed by atoms with Crippen LogP contribution in [0.3, 0.4) is 0 Å². The van der Waals surface area contributed by atoms with Crippen LogP contribution in [0.25, 0.3) is 0 Å². The maximum Gasteiger partial charge on any atom is 0.416 e. The summed E-state index contributed by atoms with van der Waals surface area (Å²) in [6.45, 7) is -1.82. The third-order valence-electron chi connectivity index (χ3n) is 5.54. The Balaban J connectivity index is 2.15. The van der Waals surface area contributed by atoms with Crippen LogP contribution < -0.4 is 4.90 Å². The molecular weight excluding hydrogens is 505 g/mol. The lowest BCUT2D eigenvalue weighted by Crippen LogP contribution is -2.45. The van der Waals surface area contributed by atoms with Gasteiger partial charge in [-0.15, -0.1) is 0 Å². The van der Waals surface area contributed by atoms with E-state index < -0.39 is 88.2 Å². The molecule has 1 N–H and O–H groups in total. The molecule has 1 aromatic carbocycles. The molecule has 1 atom stereocenters. The number of carboxylic acid groups (broad SMARTS) is 1. The fourth-order valence-electron chi connectivity index (χ4n) is 3.79. The number of alkyl halides is 9. The second-order valence-electron chi connectivity index (χ2n) is 7.65. The van der Waals surface area contributed by atoms with Crippen LogP contribution in [0.5, 0.6) is 0 Å². The number of benzene rings is 1. The number of hydrogen-bond acceptors (Lipinski definition) is 5. The quantitative estimate of drug-likeness (QED) is 0.330. The number of rotatable bonds is 4. The van der Waals surface area contributed by atoms with Gasteiger partial charge in [0, 0.05) is 19.2 Å². The molecule has 190 valence electrons. The lowest BCUT2D eigenvalue weighted by atomic mass is 9.77. The Morgan fingerprint density at radius 3 is 1.97 bits per heavy atom. The van der Waals surface area contributed by atoms with Crippen molar-refractivity contribution < 1.29 is 54.3 Å². The largest absolute Gasteiger partial charge is 0.477 e. The van der Waals surface area contributed by atoms with Crippen LogP contribution in [-0.2, 0) is 17.8 Å². The molecule has 0 bridgehead atoms. The Bertz CT molecular complexity index is 1150. The van der Waals surface area contributed by atoms with Crippen molar-refractivity contribution in [2.75, 3.05) is 18.0 Å². The van der Waals surface area contributed by atoms with E-state index in [0.29, 0.717) is 6.07 Å². The highest BCUT2D eigenvalue weighted by Crippen LogP contribution is 2.50. The van der Waals surface area contributed by atoms with Crippen LogP contribution in [0.1, 0.15) is 33.5 Å². The Morgan fingerprint density at radius 2 is 1.54 bits per heavy atom. The molecule has 3 rings (SSSR count). The van der Waals surface area contributed by atoms with Crippen LogP contribution in [0.15, 0.2) is 30.3 Å². The van der Waals surface area contributed by atoms with Gasteiger partial charge in [-0.25, -0.2) is 4.79 Å². The van der Waals surface area contributed by atoms with E-state index in [1.165, 1.54) is 0 Å². The SMILES string of the molecule is O=C(O)c1ccc(N2CCC(c3cc(C(F)(F)F)cc(C(F)(F)F)c3)(C(F)(F)F)C2)nc1[N+](=O)[O-]. The molecule has 7 nitrogen and oxygen atoms in total. The van der Waals surface area contributed by atoms with E-state index in [9.17, 15) is 54.4 Å². The third kappa shape index (κ3) is 4.81. The predicted molar refractivity (Wildman–Crippen MR) is 98.9 cm³/mol. The zero-order valence-electron chi connectivity index (χ0n) is 16.9. The minimum Gasteiger partial charge on any atom is -0.477 e. The van der Waals surface area contributed by atoms with Crippen molar-refractivity contribution in [1.82, 2.24) is 4.98 Å². The van der Waals surface area contributed by atoms with Crippen molar-refractivity contribution >= 4 is 17.6 Å². The van der Waals surface area contributed by atoms with E-state index in [1.807, 2.05) is 0 Å². The number of aromatic carboxylic acids is 1. The molecule has 0 amide bonds. The van der Waals surface area contributed by atoms with Gasteiger partial charge in [0.05, 0.1) is 11.1 Å². The van der Waals surface area contributed by atoms with Crippen molar-refractivity contribution in [3.05, 3.63) is 62.7 Å². The van der Waals surface area contributed by atoms with Gasteiger partial charge in [0.1, 0.15) is 5.41 Å². The second-order valence-corrected chi connectivity index (χ2v) is 7.65. The number of anilines is 1. The van der Waals surface area contributed by atoms with E-state index >= 15 is 0 Å². The molecule has 1 aliphatic rings. The first kappa shape index (κ1) is 26.0. The number of pyridine rings is 1. The Labute approximate surface area is 188 Å².